The van der Waals surface area contributed by atoms with Crippen molar-refractivity contribution < 1.29 is 13.5 Å². The fourth-order valence-corrected chi connectivity index (χ4v) is 3.22. The van der Waals surface area contributed by atoms with E-state index >= 15 is 0 Å². The van der Waals surface area contributed by atoms with Gasteiger partial charge in [-0.25, -0.2) is 9.37 Å². The van der Waals surface area contributed by atoms with E-state index in [4.69, 9.17) is 9.15 Å². The first-order valence-electron chi connectivity index (χ1n) is 9.51. The molecule has 7 nitrogen and oxygen atoms in total. The van der Waals surface area contributed by atoms with Crippen LogP contribution in [0.5, 0.6) is 0 Å². The summed E-state index contributed by atoms with van der Waals surface area (Å²) in [5.74, 6) is 1.88. The summed E-state index contributed by atoms with van der Waals surface area (Å²) in [5.41, 5.74) is 1.95. The van der Waals surface area contributed by atoms with Gasteiger partial charge in [0.1, 0.15) is 11.6 Å². The highest BCUT2D eigenvalue weighted by Crippen LogP contribution is 2.21. The number of benzene rings is 1. The van der Waals surface area contributed by atoms with Crippen LogP contribution in [-0.4, -0.2) is 55.7 Å². The third kappa shape index (κ3) is 5.30. The molecule has 2 N–H and O–H groups in total. The number of rotatable bonds is 6. The molecule has 1 aromatic heterocycles. The summed E-state index contributed by atoms with van der Waals surface area (Å²) in [6.45, 7) is 7.98. The largest absolute Gasteiger partial charge is 0.444 e. The van der Waals surface area contributed by atoms with Gasteiger partial charge in [-0.15, -0.1) is 0 Å². The molecule has 1 aromatic carbocycles. The lowest BCUT2D eigenvalue weighted by atomic mass is 10.0. The molecule has 1 saturated heterocycles. The van der Waals surface area contributed by atoms with E-state index in [1.165, 1.54) is 12.1 Å². The third-order valence-electron chi connectivity index (χ3n) is 4.91. The molecule has 0 bridgehead atoms. The van der Waals surface area contributed by atoms with Crippen molar-refractivity contribution in [3.8, 4) is 0 Å². The minimum Gasteiger partial charge on any atom is -0.444 e. The smallest absolute Gasteiger partial charge is 0.214 e. The van der Waals surface area contributed by atoms with E-state index in [1.54, 1.807) is 7.05 Å². The number of aromatic nitrogens is 1. The standard InChI is InChI=1S/C20H28FN5O2/c1-14-15(2)28-19(25-14)13-24-20(22-3)23-12-18(26-8-10-27-11-9-26)16-4-6-17(21)7-5-16/h4-7,18H,8-13H2,1-3H3,(H2,22,23,24). The topological polar surface area (TPSA) is 74.9 Å². The van der Waals surface area contributed by atoms with Crippen LogP contribution < -0.4 is 10.6 Å². The van der Waals surface area contributed by atoms with E-state index in [9.17, 15) is 4.39 Å². The van der Waals surface area contributed by atoms with Crippen molar-refractivity contribution in [2.24, 2.45) is 4.99 Å². The molecule has 1 aliphatic rings. The third-order valence-corrected chi connectivity index (χ3v) is 4.91. The van der Waals surface area contributed by atoms with E-state index in [-0.39, 0.29) is 11.9 Å². The highest BCUT2D eigenvalue weighted by molar-refractivity contribution is 5.79. The Morgan fingerprint density at radius 1 is 1.21 bits per heavy atom. The number of nitrogens with one attached hydrogen (secondary N) is 2. The maximum Gasteiger partial charge on any atom is 0.214 e. The Morgan fingerprint density at radius 2 is 1.93 bits per heavy atom. The number of nitrogens with zero attached hydrogens (tertiary/aromatic N) is 3. The maximum atomic E-state index is 13.4. The Labute approximate surface area is 165 Å². The molecule has 1 unspecified atom stereocenters. The van der Waals surface area contributed by atoms with Gasteiger partial charge >= 0.3 is 0 Å². The lowest BCUT2D eigenvalue weighted by Crippen LogP contribution is -2.46. The van der Waals surface area contributed by atoms with Crippen LogP contribution >= 0.6 is 0 Å². The summed E-state index contributed by atoms with van der Waals surface area (Å²) in [4.78, 5) is 11.0. The van der Waals surface area contributed by atoms with Crippen molar-refractivity contribution >= 4 is 5.96 Å². The SMILES string of the molecule is CN=C(NCc1nc(C)c(C)o1)NCC(c1ccc(F)cc1)N1CCOCC1. The summed E-state index contributed by atoms with van der Waals surface area (Å²) in [5, 5.41) is 6.59. The molecule has 1 fully saturated rings. The molecular weight excluding hydrogens is 361 g/mol. The zero-order valence-electron chi connectivity index (χ0n) is 16.7. The van der Waals surface area contributed by atoms with Crippen LogP contribution in [0.2, 0.25) is 0 Å². The van der Waals surface area contributed by atoms with E-state index < -0.39 is 0 Å². The molecule has 3 rings (SSSR count). The normalized spacial score (nSPS) is 16.8. The summed E-state index contributed by atoms with van der Waals surface area (Å²) >= 11 is 0. The predicted molar refractivity (Wildman–Crippen MR) is 106 cm³/mol. The number of hydrogen-bond donors (Lipinski definition) is 2. The molecule has 0 saturated carbocycles. The molecule has 28 heavy (non-hydrogen) atoms. The molecule has 1 aliphatic heterocycles. The molecule has 1 atom stereocenters. The van der Waals surface area contributed by atoms with Crippen LogP contribution in [0.15, 0.2) is 33.7 Å². The number of aliphatic imine (C=N–C) groups is 1. The number of morpholine rings is 1. The number of oxazole rings is 1. The molecule has 0 radical (unpaired) electrons. The molecule has 0 amide bonds. The van der Waals surface area contributed by atoms with Crippen LogP contribution in [0.25, 0.3) is 0 Å². The zero-order chi connectivity index (χ0) is 19.9. The van der Waals surface area contributed by atoms with Gasteiger partial charge in [0.05, 0.1) is 31.5 Å². The fraction of sp³-hybridized carbons (Fsp3) is 0.500. The van der Waals surface area contributed by atoms with E-state index in [0.717, 1.165) is 30.1 Å². The zero-order valence-corrected chi connectivity index (χ0v) is 16.7. The summed E-state index contributed by atoms with van der Waals surface area (Å²) in [6, 6.07) is 6.78. The number of aryl methyl sites for hydroxylation is 2. The number of guanidine groups is 1. The number of hydrogen-bond acceptors (Lipinski definition) is 5. The summed E-state index contributed by atoms with van der Waals surface area (Å²) < 4.78 is 24.4. The van der Waals surface area contributed by atoms with Gasteiger partial charge in [0.2, 0.25) is 5.89 Å². The minimum absolute atomic E-state index is 0.0919. The predicted octanol–water partition coefficient (Wildman–Crippen LogP) is 2.17. The molecule has 8 heteroatoms. The number of ether oxygens (including phenoxy) is 1. The number of halogens is 1. The van der Waals surface area contributed by atoms with Crippen LogP contribution in [-0.2, 0) is 11.3 Å². The second-order valence-corrected chi connectivity index (χ2v) is 6.77. The van der Waals surface area contributed by atoms with Crippen LogP contribution in [0.3, 0.4) is 0 Å². The van der Waals surface area contributed by atoms with Crippen molar-refractivity contribution in [3.05, 3.63) is 53.0 Å². The lowest BCUT2D eigenvalue weighted by Gasteiger charge is -2.35. The quantitative estimate of drug-likeness (QED) is 0.583. The first kappa shape index (κ1) is 20.3. The maximum absolute atomic E-state index is 13.4. The van der Waals surface area contributed by atoms with Gasteiger partial charge < -0.3 is 19.8 Å². The van der Waals surface area contributed by atoms with Crippen molar-refractivity contribution in [1.29, 1.82) is 0 Å². The molecule has 0 aliphatic carbocycles. The monoisotopic (exact) mass is 389 g/mol. The Hall–Kier alpha value is -2.45. The molecular formula is C20H28FN5O2. The molecule has 0 spiro atoms. The first-order chi connectivity index (χ1) is 13.6. The van der Waals surface area contributed by atoms with E-state index in [0.29, 0.717) is 38.2 Å². The highest BCUT2D eigenvalue weighted by Gasteiger charge is 2.23. The molecule has 2 heterocycles. The van der Waals surface area contributed by atoms with Crippen LogP contribution in [0.1, 0.15) is 29.0 Å². The van der Waals surface area contributed by atoms with Gasteiger partial charge in [0, 0.05) is 26.7 Å². The van der Waals surface area contributed by atoms with Crippen LogP contribution in [0, 0.1) is 19.7 Å². The van der Waals surface area contributed by atoms with Gasteiger partial charge in [0.25, 0.3) is 0 Å². The van der Waals surface area contributed by atoms with Gasteiger partial charge in [-0.1, -0.05) is 12.1 Å². The van der Waals surface area contributed by atoms with Gasteiger partial charge in [-0.2, -0.15) is 0 Å². The lowest BCUT2D eigenvalue weighted by molar-refractivity contribution is 0.0170. The Morgan fingerprint density at radius 3 is 2.54 bits per heavy atom. The van der Waals surface area contributed by atoms with Crippen molar-refractivity contribution in [2.45, 2.75) is 26.4 Å². The van der Waals surface area contributed by atoms with Gasteiger partial charge in [-0.05, 0) is 31.5 Å². The van der Waals surface area contributed by atoms with Gasteiger partial charge in [-0.3, -0.25) is 9.89 Å². The van der Waals surface area contributed by atoms with Crippen LogP contribution in [0.4, 0.5) is 4.39 Å². The van der Waals surface area contributed by atoms with Crippen molar-refractivity contribution in [1.82, 2.24) is 20.5 Å². The summed E-state index contributed by atoms with van der Waals surface area (Å²) in [7, 11) is 1.73. The second-order valence-electron chi connectivity index (χ2n) is 6.77. The van der Waals surface area contributed by atoms with Crippen molar-refractivity contribution in [2.75, 3.05) is 39.9 Å². The fourth-order valence-electron chi connectivity index (χ4n) is 3.22. The minimum atomic E-state index is -0.230. The Kier molecular flexibility index (Phi) is 7.00. The van der Waals surface area contributed by atoms with Crippen molar-refractivity contribution in [3.63, 3.8) is 0 Å². The second kappa shape index (κ2) is 9.66. The Balaban J connectivity index is 1.62. The van der Waals surface area contributed by atoms with E-state index in [1.807, 2.05) is 26.0 Å². The van der Waals surface area contributed by atoms with E-state index in [2.05, 4.69) is 25.5 Å². The van der Waals surface area contributed by atoms with Gasteiger partial charge in [0.15, 0.2) is 5.96 Å². The average molecular weight is 389 g/mol. The first-order valence-corrected chi connectivity index (χ1v) is 9.51. The Bertz CT molecular complexity index is 765. The highest BCUT2D eigenvalue weighted by atomic mass is 19.1. The summed E-state index contributed by atoms with van der Waals surface area (Å²) in [6.07, 6.45) is 0. The molecule has 152 valence electrons. The average Bonchev–Trinajstić information content (AvgIpc) is 3.04. The molecule has 2 aromatic rings.